The number of hydrogen-bond donors (Lipinski definition) is 0. The van der Waals surface area contributed by atoms with E-state index in [-0.39, 0.29) is 0 Å². The van der Waals surface area contributed by atoms with Crippen molar-refractivity contribution in [1.29, 1.82) is 0 Å². The van der Waals surface area contributed by atoms with Crippen molar-refractivity contribution < 1.29 is 4.74 Å². The van der Waals surface area contributed by atoms with E-state index in [4.69, 9.17) is 4.74 Å². The topological polar surface area (TPSA) is 12.5 Å². The summed E-state index contributed by atoms with van der Waals surface area (Å²) in [5.74, 6) is 0. The lowest BCUT2D eigenvalue weighted by Gasteiger charge is -2.29. The van der Waals surface area contributed by atoms with Gasteiger partial charge in [-0.1, -0.05) is 6.07 Å². The largest absolute Gasteiger partial charge is 0.378 e. The lowest BCUT2D eigenvalue weighted by atomic mass is 10.2. The third-order valence-electron chi connectivity index (χ3n) is 2.39. The summed E-state index contributed by atoms with van der Waals surface area (Å²) in [4.78, 5) is 2.37. The second-order valence-corrected chi connectivity index (χ2v) is 3.31. The summed E-state index contributed by atoms with van der Waals surface area (Å²) in [5.41, 5.74) is 2.62. The van der Waals surface area contributed by atoms with Crippen LogP contribution in [0.3, 0.4) is 0 Å². The molecular weight excluding hydrogens is 162 g/mol. The Labute approximate surface area is 79.1 Å². The van der Waals surface area contributed by atoms with Crippen LogP contribution < -0.4 is 4.90 Å². The fourth-order valence-electron chi connectivity index (χ4n) is 1.66. The average Bonchev–Trinajstić information content (AvgIpc) is 2.20. The Balaban J connectivity index is 2.18. The molecule has 13 heavy (non-hydrogen) atoms. The van der Waals surface area contributed by atoms with Crippen molar-refractivity contribution in [2.45, 2.75) is 6.92 Å². The van der Waals surface area contributed by atoms with Crippen LogP contribution in [0, 0.1) is 13.0 Å². The van der Waals surface area contributed by atoms with E-state index < -0.39 is 0 Å². The number of anilines is 1. The molecule has 1 heterocycles. The van der Waals surface area contributed by atoms with Crippen molar-refractivity contribution in [3.63, 3.8) is 0 Å². The lowest BCUT2D eigenvalue weighted by molar-refractivity contribution is 0.122. The number of hydrogen-bond acceptors (Lipinski definition) is 2. The first-order valence-electron chi connectivity index (χ1n) is 4.67. The van der Waals surface area contributed by atoms with Crippen LogP contribution in [0.4, 0.5) is 5.69 Å². The Hall–Kier alpha value is -1.02. The molecule has 0 unspecified atom stereocenters. The zero-order valence-corrected chi connectivity index (χ0v) is 7.92. The van der Waals surface area contributed by atoms with E-state index in [1.165, 1.54) is 11.3 Å². The molecule has 1 fully saturated rings. The van der Waals surface area contributed by atoms with Gasteiger partial charge in [0.05, 0.1) is 13.2 Å². The van der Waals surface area contributed by atoms with Gasteiger partial charge in [-0.2, -0.15) is 0 Å². The van der Waals surface area contributed by atoms with Crippen molar-refractivity contribution in [2.75, 3.05) is 31.2 Å². The van der Waals surface area contributed by atoms with E-state index in [9.17, 15) is 0 Å². The zero-order chi connectivity index (χ0) is 9.10. The minimum absolute atomic E-state index is 0.845. The summed E-state index contributed by atoms with van der Waals surface area (Å²) in [7, 11) is 0. The number of morpholine rings is 1. The van der Waals surface area contributed by atoms with Gasteiger partial charge in [-0.25, -0.2) is 0 Å². The van der Waals surface area contributed by atoms with Crippen LogP contribution in [0.2, 0.25) is 0 Å². The maximum Gasteiger partial charge on any atom is 0.0642 e. The molecule has 0 bridgehead atoms. The van der Waals surface area contributed by atoms with Crippen LogP contribution in [-0.2, 0) is 4.74 Å². The highest BCUT2D eigenvalue weighted by atomic mass is 16.5. The van der Waals surface area contributed by atoms with Crippen molar-refractivity contribution >= 4 is 5.69 Å². The van der Waals surface area contributed by atoms with Gasteiger partial charge in [0.25, 0.3) is 0 Å². The Morgan fingerprint density at radius 1 is 1.38 bits per heavy atom. The smallest absolute Gasteiger partial charge is 0.0642 e. The van der Waals surface area contributed by atoms with E-state index in [2.05, 4.69) is 24.0 Å². The summed E-state index contributed by atoms with van der Waals surface area (Å²) in [5, 5.41) is 0. The number of ether oxygens (including phenoxy) is 1. The van der Waals surface area contributed by atoms with Gasteiger partial charge in [0.2, 0.25) is 0 Å². The van der Waals surface area contributed by atoms with E-state index in [1.807, 2.05) is 12.1 Å². The number of nitrogens with zero attached hydrogens (tertiary/aromatic N) is 1. The minimum atomic E-state index is 0.845. The van der Waals surface area contributed by atoms with Crippen molar-refractivity contribution in [1.82, 2.24) is 0 Å². The maximum atomic E-state index is 5.31. The number of aryl methyl sites for hydroxylation is 1. The molecule has 2 rings (SSSR count). The molecule has 1 aromatic rings. The highest BCUT2D eigenvalue weighted by molar-refractivity contribution is 5.52. The molecule has 1 radical (unpaired) electrons. The van der Waals surface area contributed by atoms with Gasteiger partial charge >= 0.3 is 0 Å². The van der Waals surface area contributed by atoms with Gasteiger partial charge in [-0.05, 0) is 30.7 Å². The molecule has 0 spiro atoms. The Kier molecular flexibility index (Phi) is 2.50. The van der Waals surface area contributed by atoms with Crippen LogP contribution in [-0.4, -0.2) is 26.3 Å². The highest BCUT2D eigenvalue weighted by Gasteiger charge is 2.11. The molecule has 2 heteroatoms. The van der Waals surface area contributed by atoms with E-state index in [0.717, 1.165) is 26.3 Å². The molecule has 0 saturated carbocycles. The van der Waals surface area contributed by atoms with Gasteiger partial charge in [0.1, 0.15) is 0 Å². The summed E-state index contributed by atoms with van der Waals surface area (Å²) in [6, 6.07) is 9.21. The first kappa shape index (κ1) is 8.57. The Bertz CT molecular complexity index is 279. The van der Waals surface area contributed by atoms with Gasteiger partial charge in [0.15, 0.2) is 0 Å². The SMILES string of the molecule is Cc1c[c]ccc1N1CCOCC1. The monoisotopic (exact) mass is 176 g/mol. The van der Waals surface area contributed by atoms with Gasteiger partial charge in [0, 0.05) is 18.8 Å². The lowest BCUT2D eigenvalue weighted by Crippen LogP contribution is -2.36. The molecule has 1 aliphatic heterocycles. The second-order valence-electron chi connectivity index (χ2n) is 3.31. The fraction of sp³-hybridized carbons (Fsp3) is 0.455. The predicted molar refractivity (Wildman–Crippen MR) is 53.0 cm³/mol. The molecule has 0 atom stereocenters. The highest BCUT2D eigenvalue weighted by Crippen LogP contribution is 2.19. The average molecular weight is 176 g/mol. The third kappa shape index (κ3) is 1.83. The second kappa shape index (κ2) is 3.79. The molecule has 0 aliphatic carbocycles. The van der Waals surface area contributed by atoms with Gasteiger partial charge < -0.3 is 9.64 Å². The van der Waals surface area contributed by atoms with Crippen LogP contribution in [0.15, 0.2) is 18.2 Å². The number of benzene rings is 1. The van der Waals surface area contributed by atoms with E-state index >= 15 is 0 Å². The van der Waals surface area contributed by atoms with E-state index in [1.54, 1.807) is 0 Å². The third-order valence-corrected chi connectivity index (χ3v) is 2.39. The normalized spacial score (nSPS) is 17.5. The fourth-order valence-corrected chi connectivity index (χ4v) is 1.66. The molecular formula is C11H14NO. The summed E-state index contributed by atoms with van der Waals surface area (Å²) in [6.07, 6.45) is 0. The van der Waals surface area contributed by atoms with Crippen LogP contribution in [0.5, 0.6) is 0 Å². The first-order valence-corrected chi connectivity index (χ1v) is 4.67. The summed E-state index contributed by atoms with van der Waals surface area (Å²) in [6.45, 7) is 5.83. The molecule has 1 saturated heterocycles. The molecule has 0 aromatic heterocycles. The van der Waals surface area contributed by atoms with Crippen molar-refractivity contribution in [3.05, 3.63) is 29.8 Å². The standard InChI is InChI=1S/C11H14NO/c1-10-4-2-3-5-11(10)12-6-8-13-9-7-12/h3-5H,6-9H2,1H3. The summed E-state index contributed by atoms with van der Waals surface area (Å²) >= 11 is 0. The molecule has 2 nitrogen and oxygen atoms in total. The Morgan fingerprint density at radius 2 is 2.15 bits per heavy atom. The van der Waals surface area contributed by atoms with Crippen LogP contribution >= 0.6 is 0 Å². The van der Waals surface area contributed by atoms with Crippen LogP contribution in [0.1, 0.15) is 5.56 Å². The zero-order valence-electron chi connectivity index (χ0n) is 7.92. The molecule has 1 aliphatic rings. The first-order chi connectivity index (χ1) is 6.38. The van der Waals surface area contributed by atoms with Gasteiger partial charge in [-0.3, -0.25) is 0 Å². The van der Waals surface area contributed by atoms with Crippen molar-refractivity contribution in [2.24, 2.45) is 0 Å². The predicted octanol–water partition coefficient (Wildman–Crippen LogP) is 1.63. The maximum absolute atomic E-state index is 5.31. The molecule has 0 N–H and O–H groups in total. The number of rotatable bonds is 1. The quantitative estimate of drug-likeness (QED) is 0.645. The molecule has 0 amide bonds. The minimum Gasteiger partial charge on any atom is -0.378 e. The molecule has 69 valence electrons. The van der Waals surface area contributed by atoms with Crippen LogP contribution in [0.25, 0.3) is 0 Å². The molecule has 1 aromatic carbocycles. The summed E-state index contributed by atoms with van der Waals surface area (Å²) < 4.78 is 5.31. The van der Waals surface area contributed by atoms with E-state index in [0.29, 0.717) is 0 Å². The van der Waals surface area contributed by atoms with Crippen molar-refractivity contribution in [3.8, 4) is 0 Å². The Morgan fingerprint density at radius 3 is 2.85 bits per heavy atom. The van der Waals surface area contributed by atoms with Gasteiger partial charge in [-0.15, -0.1) is 0 Å².